The van der Waals surface area contributed by atoms with Gasteiger partial charge in [-0.1, -0.05) is 109 Å². The highest BCUT2D eigenvalue weighted by atomic mass is 16.3. The molecule has 10 aromatic carbocycles. The first-order chi connectivity index (χ1) is 37.8. The molecular formula is C50H60B30O. The monoisotopic (exact) mass is 1010 g/mol. The molecule has 1 nitrogen and oxygen atoms in total. The van der Waals surface area contributed by atoms with E-state index in [1.807, 2.05) is 0 Å². The predicted octanol–water partition coefficient (Wildman–Crippen LogP) is -37.9. The molecule has 0 fully saturated rings. The third kappa shape index (κ3) is 7.30. The minimum Gasteiger partial charge on any atom is -0.457 e. The highest BCUT2D eigenvalue weighted by Crippen LogP contribution is 2.42. The van der Waals surface area contributed by atoms with Crippen LogP contribution >= 0.6 is 0 Å². The lowest BCUT2D eigenvalue weighted by molar-refractivity contribution is 0.675. The van der Waals surface area contributed by atoms with Crippen molar-refractivity contribution in [2.75, 3.05) is 0 Å². The summed E-state index contributed by atoms with van der Waals surface area (Å²) < 4.78 is 7.20. The summed E-state index contributed by atoms with van der Waals surface area (Å²) in [5.41, 5.74) is 51.5. The van der Waals surface area contributed by atoms with Gasteiger partial charge in [-0.3, -0.25) is 0 Å². The Morgan fingerprint density at radius 3 is 0.654 bits per heavy atom. The zero-order chi connectivity index (χ0) is 59.6. The minimum absolute atomic E-state index is 1.03. The van der Waals surface area contributed by atoms with Gasteiger partial charge in [0.05, 0.1) is 0 Å². The van der Waals surface area contributed by atoms with Crippen LogP contribution in [0.2, 0.25) is 0 Å². The average molecular weight is 1000 g/mol. The lowest BCUT2D eigenvalue weighted by atomic mass is 9.55. The number of rotatable bonds is 3. The van der Waals surface area contributed by atoms with Gasteiger partial charge in [-0.25, -0.2) is 0 Å². The molecule has 0 radical (unpaired) electrons. The summed E-state index contributed by atoms with van der Waals surface area (Å²) in [6.45, 7) is 0. The van der Waals surface area contributed by atoms with Crippen molar-refractivity contribution < 1.29 is 4.42 Å². The maximum Gasteiger partial charge on any atom is 0.143 e. The molecule has 11 rings (SSSR count). The van der Waals surface area contributed by atoms with Crippen LogP contribution in [-0.2, 0) is 0 Å². The van der Waals surface area contributed by atoms with Crippen molar-refractivity contribution in [1.29, 1.82) is 0 Å². The highest BCUT2D eigenvalue weighted by Gasteiger charge is 2.33. The second kappa shape index (κ2) is 19.4. The Morgan fingerprint density at radius 1 is 0.111 bits per heavy atom. The van der Waals surface area contributed by atoms with E-state index in [2.05, 4.69) is 235 Å². The minimum atomic E-state index is 1.03. The van der Waals surface area contributed by atoms with Crippen molar-refractivity contribution in [3.05, 3.63) is 0 Å². The van der Waals surface area contributed by atoms with E-state index in [0.717, 1.165) is 11.2 Å². The second-order valence-electron chi connectivity index (χ2n) is 26.3. The van der Waals surface area contributed by atoms with Gasteiger partial charge in [0.25, 0.3) is 0 Å². The molecular weight excluding hydrogens is 941 g/mol. The SMILES string of the molecule is Bc1c(B)c(-c2c3c(B)c(B)c(B)c(B)c3c(-c3c(B)c4c(B)c(B)c(B)c(B)c4c4c(B)c(B)c(B)c(B)c34)c3c(B)c(B)c(B)c(B)c23)c(B)c(B)c1-c1c(B)c(B)c2oc3c(B)c(B)c4c(B)c(B)c(B)c(B)c4c3c2c1B. The van der Waals surface area contributed by atoms with Crippen molar-refractivity contribution in [3.8, 4) is 33.4 Å². The van der Waals surface area contributed by atoms with Crippen LogP contribution < -0.4 is 164 Å². The van der Waals surface area contributed by atoms with Gasteiger partial charge in [-0.15, -0.1) is 54.6 Å². The molecule has 11 aromatic rings. The first-order valence-electron chi connectivity index (χ1n) is 30.2. The maximum atomic E-state index is 7.20. The molecule has 0 saturated heterocycles. The van der Waals surface area contributed by atoms with Crippen LogP contribution in [0, 0.1) is 0 Å². The number of hydrogen-bond acceptors (Lipinski definition) is 1. The lowest BCUT2D eigenvalue weighted by Crippen LogP contribution is -2.52. The zero-order valence-corrected chi connectivity index (χ0v) is 55.4. The van der Waals surface area contributed by atoms with Crippen LogP contribution in [0.1, 0.15) is 0 Å². The standard InChI is InChI=1S/C50H60B30O/c51-19-3(8-9(26(58)42(74)41(73)25(8)57)10-14(19)33(65)45(77)43(75)27(10)59)1-4-6(23(55)39(71)37(69)21(4)53)2(7-5(1)22(54)38(70)40(72)24(7)56)13-29(61)31(63)17(32(64)30(13)62)16-20(52)18-12-11-15(34(66)46(78)44(76)28(11)60)35(67)47(79)49(12)81-50(18)48(80)36(16)68/h51-80H2. The Morgan fingerprint density at radius 2 is 0.296 bits per heavy atom. The smallest absolute Gasteiger partial charge is 0.143 e. The molecule has 0 aliphatic rings. The summed E-state index contributed by atoms with van der Waals surface area (Å²) >= 11 is 0. The van der Waals surface area contributed by atoms with Gasteiger partial charge >= 0.3 is 0 Å². The molecule has 81 heavy (non-hydrogen) atoms. The summed E-state index contributed by atoms with van der Waals surface area (Å²) in [7, 11) is 71.5. The molecule has 0 N–H and O–H groups in total. The van der Waals surface area contributed by atoms with Gasteiger partial charge in [0, 0.05) is 10.8 Å². The third-order valence-electron chi connectivity index (χ3n) is 23.5. The fourth-order valence-corrected chi connectivity index (χ4v) is 16.5. The largest absolute Gasteiger partial charge is 0.457 e. The van der Waals surface area contributed by atoms with Crippen molar-refractivity contribution in [2.45, 2.75) is 0 Å². The molecule has 0 aliphatic carbocycles. The molecule has 1 aromatic heterocycles. The first kappa shape index (κ1) is 58.0. The molecule has 0 aliphatic heterocycles. The van der Waals surface area contributed by atoms with Gasteiger partial charge in [-0.05, 0) is 87.2 Å². The fourth-order valence-electron chi connectivity index (χ4n) is 16.5. The Bertz CT molecular complexity index is 4820. The molecule has 0 spiro atoms. The average Bonchev–Trinajstić information content (AvgIpc) is 4.06. The normalized spacial score (nSPS) is 12.0. The molecule has 0 amide bonds. The summed E-state index contributed by atoms with van der Waals surface area (Å²) in [6.07, 6.45) is 0. The van der Waals surface area contributed by atoms with Crippen molar-refractivity contribution >= 4 is 475 Å². The van der Waals surface area contributed by atoms with Crippen LogP contribution in [-0.4, -0.2) is 235 Å². The fraction of sp³-hybridized carbons (Fsp3) is 0. The van der Waals surface area contributed by atoms with E-state index in [-0.39, 0.29) is 0 Å². The Balaban J connectivity index is 1.37. The zero-order valence-electron chi connectivity index (χ0n) is 55.4. The molecule has 0 unspecified atom stereocenters. The van der Waals surface area contributed by atoms with Crippen molar-refractivity contribution in [2.24, 2.45) is 0 Å². The highest BCUT2D eigenvalue weighted by molar-refractivity contribution is 6.79. The Hall–Kier alpha value is -4.75. The van der Waals surface area contributed by atoms with Gasteiger partial charge in [-0.2, -0.15) is 0 Å². The predicted molar refractivity (Wildman–Crippen MR) is 463 cm³/mol. The van der Waals surface area contributed by atoms with Crippen LogP contribution in [0.3, 0.4) is 0 Å². The van der Waals surface area contributed by atoms with Gasteiger partial charge in [0.2, 0.25) is 0 Å². The van der Waals surface area contributed by atoms with E-state index >= 15 is 0 Å². The second-order valence-corrected chi connectivity index (χ2v) is 26.3. The van der Waals surface area contributed by atoms with Crippen molar-refractivity contribution in [3.63, 3.8) is 0 Å². The van der Waals surface area contributed by atoms with E-state index in [0.29, 0.717) is 0 Å². The molecule has 0 saturated carbocycles. The maximum absolute atomic E-state index is 7.20. The third-order valence-corrected chi connectivity index (χ3v) is 23.5. The van der Waals surface area contributed by atoms with E-state index in [1.165, 1.54) is 262 Å². The first-order valence-corrected chi connectivity index (χ1v) is 30.2. The molecule has 31 heteroatoms. The molecule has 0 bridgehead atoms. The number of furan rings is 1. The van der Waals surface area contributed by atoms with E-state index < -0.39 is 0 Å². The topological polar surface area (TPSA) is 13.1 Å². The van der Waals surface area contributed by atoms with E-state index in [4.69, 9.17) is 4.42 Å². The van der Waals surface area contributed by atoms with E-state index in [1.54, 1.807) is 0 Å². The number of benzene rings is 10. The van der Waals surface area contributed by atoms with Crippen LogP contribution in [0.5, 0.6) is 0 Å². The summed E-state index contributed by atoms with van der Waals surface area (Å²) in [4.78, 5) is 0. The van der Waals surface area contributed by atoms with Crippen molar-refractivity contribution in [1.82, 2.24) is 0 Å². The van der Waals surface area contributed by atoms with Gasteiger partial charge in [0.15, 0.2) is 0 Å². The van der Waals surface area contributed by atoms with E-state index in [9.17, 15) is 0 Å². The van der Waals surface area contributed by atoms with Crippen LogP contribution in [0.4, 0.5) is 0 Å². The molecule has 1 heterocycles. The van der Waals surface area contributed by atoms with Crippen LogP contribution in [0.15, 0.2) is 4.42 Å². The van der Waals surface area contributed by atoms with Gasteiger partial charge < -0.3 is 4.42 Å². The lowest BCUT2D eigenvalue weighted by Gasteiger charge is -2.33. The van der Waals surface area contributed by atoms with Gasteiger partial charge in [0.1, 0.15) is 247 Å². The molecule has 0 atom stereocenters. The summed E-state index contributed by atoms with van der Waals surface area (Å²) in [6, 6.07) is 0. The number of hydrogen-bond donors (Lipinski definition) is 0. The van der Waals surface area contributed by atoms with Crippen LogP contribution in [0.25, 0.3) is 109 Å². The Kier molecular flexibility index (Phi) is 13.9. The summed E-state index contributed by atoms with van der Waals surface area (Å²) in [5.74, 6) is 0. The number of fused-ring (bicyclic) bond motifs is 10. The summed E-state index contributed by atoms with van der Waals surface area (Å²) in [5, 5.41) is 16.6. The Labute approximate surface area is 509 Å². The molecule has 356 valence electrons. The quantitative estimate of drug-likeness (QED) is 0.0977.